The highest BCUT2D eigenvalue weighted by Crippen LogP contribution is 2.11. The molecule has 0 unspecified atom stereocenters. The maximum atomic E-state index is 12.2. The molecule has 0 aliphatic rings. The maximum Gasteiger partial charge on any atom is 0.251 e. The van der Waals surface area contributed by atoms with Crippen LogP contribution in [-0.2, 0) is 11.2 Å². The molecule has 5 nitrogen and oxygen atoms in total. The molecule has 0 saturated heterocycles. The Morgan fingerprint density at radius 3 is 2.92 bits per heavy atom. The molecule has 2 rings (SSSR count). The average molecular weight is 348 g/mol. The fourth-order valence-corrected chi connectivity index (χ4v) is 2.43. The van der Waals surface area contributed by atoms with Crippen LogP contribution >= 0.6 is 11.6 Å². The molecule has 0 spiro atoms. The number of nitrogens with one attached hydrogen (secondary N) is 2. The van der Waals surface area contributed by atoms with E-state index in [2.05, 4.69) is 15.6 Å². The van der Waals surface area contributed by atoms with E-state index in [1.165, 1.54) is 0 Å². The minimum absolute atomic E-state index is 0.112. The number of nitrogens with zero attached hydrogens (tertiary/aromatic N) is 1. The van der Waals surface area contributed by atoms with E-state index in [9.17, 15) is 4.79 Å². The SMILES string of the molecule is COCCCNc1cc(C(=O)NCCc2cccc(Cl)c2)ccn1. The minimum atomic E-state index is -0.112. The van der Waals surface area contributed by atoms with Crippen molar-refractivity contribution in [2.45, 2.75) is 12.8 Å². The summed E-state index contributed by atoms with van der Waals surface area (Å²) in [4.78, 5) is 16.4. The Morgan fingerprint density at radius 1 is 1.25 bits per heavy atom. The van der Waals surface area contributed by atoms with Gasteiger partial charge in [0.05, 0.1) is 0 Å². The number of hydrogen-bond acceptors (Lipinski definition) is 4. The van der Waals surface area contributed by atoms with Gasteiger partial charge in [-0.05, 0) is 42.7 Å². The molecule has 1 aromatic heterocycles. The van der Waals surface area contributed by atoms with Gasteiger partial charge in [0, 0.05) is 43.6 Å². The largest absolute Gasteiger partial charge is 0.385 e. The Hall–Kier alpha value is -2.11. The van der Waals surface area contributed by atoms with Crippen LogP contribution in [0, 0.1) is 0 Å². The Kier molecular flexibility index (Phi) is 7.52. The van der Waals surface area contributed by atoms with Crippen LogP contribution in [0.1, 0.15) is 22.3 Å². The number of benzene rings is 1. The Labute approximate surface area is 147 Å². The van der Waals surface area contributed by atoms with Crippen LogP contribution in [0.3, 0.4) is 0 Å². The highest BCUT2D eigenvalue weighted by Gasteiger charge is 2.06. The van der Waals surface area contributed by atoms with E-state index in [4.69, 9.17) is 16.3 Å². The summed E-state index contributed by atoms with van der Waals surface area (Å²) in [5.74, 6) is 0.577. The maximum absolute atomic E-state index is 12.2. The number of amides is 1. The van der Waals surface area contributed by atoms with E-state index in [1.807, 2.05) is 24.3 Å². The molecule has 6 heteroatoms. The summed E-state index contributed by atoms with van der Waals surface area (Å²) < 4.78 is 5.00. The van der Waals surface area contributed by atoms with Crippen molar-refractivity contribution in [1.82, 2.24) is 10.3 Å². The monoisotopic (exact) mass is 347 g/mol. The van der Waals surface area contributed by atoms with Gasteiger partial charge in [-0.1, -0.05) is 23.7 Å². The highest BCUT2D eigenvalue weighted by molar-refractivity contribution is 6.30. The van der Waals surface area contributed by atoms with Crippen molar-refractivity contribution >= 4 is 23.3 Å². The summed E-state index contributed by atoms with van der Waals surface area (Å²) in [6.45, 7) is 2.00. The van der Waals surface area contributed by atoms with E-state index in [0.29, 0.717) is 29.6 Å². The molecule has 0 bridgehead atoms. The van der Waals surface area contributed by atoms with Gasteiger partial charge in [0.1, 0.15) is 5.82 Å². The van der Waals surface area contributed by atoms with E-state index in [0.717, 1.165) is 24.9 Å². The fraction of sp³-hybridized carbons (Fsp3) is 0.333. The van der Waals surface area contributed by atoms with E-state index in [1.54, 1.807) is 25.4 Å². The van der Waals surface area contributed by atoms with Gasteiger partial charge >= 0.3 is 0 Å². The number of hydrogen-bond donors (Lipinski definition) is 2. The van der Waals surface area contributed by atoms with Crippen molar-refractivity contribution in [3.8, 4) is 0 Å². The number of anilines is 1. The quantitative estimate of drug-likeness (QED) is 0.684. The van der Waals surface area contributed by atoms with Crippen LogP contribution in [0.25, 0.3) is 0 Å². The molecule has 0 saturated carbocycles. The average Bonchev–Trinajstić information content (AvgIpc) is 2.59. The van der Waals surface area contributed by atoms with Gasteiger partial charge in [-0.25, -0.2) is 4.98 Å². The number of carbonyl (C=O) groups excluding carboxylic acids is 1. The predicted molar refractivity (Wildman–Crippen MR) is 96.7 cm³/mol. The van der Waals surface area contributed by atoms with Crippen molar-refractivity contribution in [3.63, 3.8) is 0 Å². The molecule has 1 amide bonds. The van der Waals surface area contributed by atoms with Crippen LogP contribution in [0.5, 0.6) is 0 Å². The zero-order valence-electron chi connectivity index (χ0n) is 13.7. The standard InChI is InChI=1S/C18H22ClN3O2/c1-24-11-3-8-20-17-13-15(7-10-21-17)18(23)22-9-6-14-4-2-5-16(19)12-14/h2,4-5,7,10,12-13H,3,6,8-9,11H2,1H3,(H,20,21)(H,22,23). The number of carbonyl (C=O) groups is 1. The molecule has 2 aromatic rings. The number of pyridine rings is 1. The molecule has 2 N–H and O–H groups in total. The number of methoxy groups -OCH3 is 1. The lowest BCUT2D eigenvalue weighted by atomic mass is 10.1. The second kappa shape index (κ2) is 9.90. The summed E-state index contributed by atoms with van der Waals surface area (Å²) in [7, 11) is 1.67. The number of ether oxygens (including phenoxy) is 1. The Bertz CT molecular complexity index is 664. The number of rotatable bonds is 9. The van der Waals surface area contributed by atoms with Crippen LogP contribution < -0.4 is 10.6 Å². The smallest absolute Gasteiger partial charge is 0.251 e. The zero-order valence-corrected chi connectivity index (χ0v) is 14.5. The van der Waals surface area contributed by atoms with E-state index in [-0.39, 0.29) is 5.91 Å². The molecular weight excluding hydrogens is 326 g/mol. The van der Waals surface area contributed by atoms with Crippen molar-refractivity contribution in [2.75, 3.05) is 32.1 Å². The second-order valence-corrected chi connectivity index (χ2v) is 5.78. The lowest BCUT2D eigenvalue weighted by Crippen LogP contribution is -2.25. The third kappa shape index (κ3) is 6.18. The predicted octanol–water partition coefficient (Wildman–Crippen LogP) is 3.16. The van der Waals surface area contributed by atoms with Gasteiger partial charge in [0.15, 0.2) is 0 Å². The van der Waals surface area contributed by atoms with Gasteiger partial charge in [-0.15, -0.1) is 0 Å². The van der Waals surface area contributed by atoms with Crippen LogP contribution in [0.15, 0.2) is 42.6 Å². The van der Waals surface area contributed by atoms with Crippen molar-refractivity contribution < 1.29 is 9.53 Å². The lowest BCUT2D eigenvalue weighted by Gasteiger charge is -2.08. The summed E-state index contributed by atoms with van der Waals surface area (Å²) in [6.07, 6.45) is 3.25. The van der Waals surface area contributed by atoms with Gasteiger partial charge in [-0.3, -0.25) is 4.79 Å². The number of aromatic nitrogens is 1. The topological polar surface area (TPSA) is 63.2 Å². The van der Waals surface area contributed by atoms with E-state index >= 15 is 0 Å². The molecule has 1 aromatic carbocycles. The van der Waals surface area contributed by atoms with Crippen molar-refractivity contribution in [3.05, 3.63) is 58.7 Å². The molecule has 0 aliphatic heterocycles. The number of halogens is 1. The van der Waals surface area contributed by atoms with Gasteiger partial charge < -0.3 is 15.4 Å². The minimum Gasteiger partial charge on any atom is -0.385 e. The first kappa shape index (κ1) is 18.2. The molecule has 0 aliphatic carbocycles. The van der Waals surface area contributed by atoms with Gasteiger partial charge in [0.2, 0.25) is 0 Å². The van der Waals surface area contributed by atoms with Crippen molar-refractivity contribution in [2.24, 2.45) is 0 Å². The Balaban J connectivity index is 1.81. The first-order valence-corrected chi connectivity index (χ1v) is 8.28. The highest BCUT2D eigenvalue weighted by atomic mass is 35.5. The van der Waals surface area contributed by atoms with Gasteiger partial charge in [-0.2, -0.15) is 0 Å². The zero-order chi connectivity index (χ0) is 17.2. The molecule has 128 valence electrons. The second-order valence-electron chi connectivity index (χ2n) is 5.34. The first-order valence-electron chi connectivity index (χ1n) is 7.90. The molecule has 0 radical (unpaired) electrons. The summed E-state index contributed by atoms with van der Waals surface area (Å²) in [5, 5.41) is 6.80. The first-order chi connectivity index (χ1) is 11.7. The molecular formula is C18H22ClN3O2. The van der Waals surface area contributed by atoms with Crippen molar-refractivity contribution in [1.29, 1.82) is 0 Å². The third-order valence-corrected chi connectivity index (χ3v) is 3.68. The fourth-order valence-electron chi connectivity index (χ4n) is 2.22. The molecule has 0 fully saturated rings. The van der Waals surface area contributed by atoms with Crippen LogP contribution in [0.2, 0.25) is 5.02 Å². The summed E-state index contributed by atoms with van der Waals surface area (Å²) in [5.41, 5.74) is 1.68. The summed E-state index contributed by atoms with van der Waals surface area (Å²) in [6, 6.07) is 11.1. The summed E-state index contributed by atoms with van der Waals surface area (Å²) >= 11 is 5.95. The van der Waals surface area contributed by atoms with Gasteiger partial charge in [0.25, 0.3) is 5.91 Å². The third-order valence-electron chi connectivity index (χ3n) is 3.44. The molecule has 24 heavy (non-hydrogen) atoms. The molecule has 0 atom stereocenters. The van der Waals surface area contributed by atoms with Crippen LogP contribution in [-0.4, -0.2) is 37.7 Å². The lowest BCUT2D eigenvalue weighted by molar-refractivity contribution is 0.0954. The Morgan fingerprint density at radius 2 is 2.12 bits per heavy atom. The normalized spacial score (nSPS) is 10.4. The van der Waals surface area contributed by atoms with Crippen LogP contribution in [0.4, 0.5) is 5.82 Å². The molecule has 1 heterocycles. The van der Waals surface area contributed by atoms with E-state index < -0.39 is 0 Å².